The van der Waals surface area contributed by atoms with E-state index in [1.807, 2.05) is 12.3 Å². The number of ether oxygens (including phenoxy) is 1. The van der Waals surface area contributed by atoms with Crippen LogP contribution in [0, 0.1) is 0 Å². The van der Waals surface area contributed by atoms with Crippen LogP contribution in [0.2, 0.25) is 0 Å². The van der Waals surface area contributed by atoms with Crippen LogP contribution >= 0.6 is 0 Å². The maximum atomic E-state index is 5.07. The SMILES string of the molecule is COc1ccc(CN2CC3CCC(C2)N3)cn1. The maximum absolute atomic E-state index is 5.07. The summed E-state index contributed by atoms with van der Waals surface area (Å²) in [5, 5.41) is 3.65. The molecule has 2 fully saturated rings. The Hall–Kier alpha value is -1.13. The van der Waals surface area contributed by atoms with Gasteiger partial charge in [-0.1, -0.05) is 6.07 Å². The van der Waals surface area contributed by atoms with E-state index in [4.69, 9.17) is 4.74 Å². The molecule has 2 atom stereocenters. The first-order valence-corrected chi connectivity index (χ1v) is 6.31. The van der Waals surface area contributed by atoms with Crippen molar-refractivity contribution in [3.05, 3.63) is 23.9 Å². The van der Waals surface area contributed by atoms with Crippen LogP contribution in [0.4, 0.5) is 0 Å². The lowest BCUT2D eigenvalue weighted by molar-refractivity contribution is 0.188. The van der Waals surface area contributed by atoms with E-state index < -0.39 is 0 Å². The van der Waals surface area contributed by atoms with E-state index in [9.17, 15) is 0 Å². The zero-order valence-electron chi connectivity index (χ0n) is 10.2. The number of methoxy groups -OCH3 is 1. The molecule has 2 unspecified atom stereocenters. The molecule has 17 heavy (non-hydrogen) atoms. The fourth-order valence-corrected chi connectivity index (χ4v) is 2.90. The molecule has 1 aromatic rings. The summed E-state index contributed by atoms with van der Waals surface area (Å²) in [5.74, 6) is 0.689. The van der Waals surface area contributed by atoms with Gasteiger partial charge in [-0.05, 0) is 18.4 Å². The van der Waals surface area contributed by atoms with Gasteiger partial charge in [0, 0.05) is 44.0 Å². The van der Waals surface area contributed by atoms with Crippen molar-refractivity contribution in [1.29, 1.82) is 0 Å². The van der Waals surface area contributed by atoms with Crippen molar-refractivity contribution in [2.75, 3.05) is 20.2 Å². The van der Waals surface area contributed by atoms with Crippen LogP contribution in [0.25, 0.3) is 0 Å². The van der Waals surface area contributed by atoms with E-state index in [1.54, 1.807) is 7.11 Å². The molecule has 0 saturated carbocycles. The predicted octanol–water partition coefficient (Wildman–Crippen LogP) is 1.03. The summed E-state index contributed by atoms with van der Waals surface area (Å²) in [4.78, 5) is 6.78. The quantitative estimate of drug-likeness (QED) is 0.846. The van der Waals surface area contributed by atoms with Crippen LogP contribution in [-0.2, 0) is 6.54 Å². The number of nitrogens with zero attached hydrogens (tertiary/aromatic N) is 2. The van der Waals surface area contributed by atoms with Gasteiger partial charge >= 0.3 is 0 Å². The van der Waals surface area contributed by atoms with Crippen molar-refractivity contribution in [3.63, 3.8) is 0 Å². The summed E-state index contributed by atoms with van der Waals surface area (Å²) in [6, 6.07) is 5.46. The molecule has 0 aliphatic carbocycles. The highest BCUT2D eigenvalue weighted by Crippen LogP contribution is 2.21. The zero-order valence-corrected chi connectivity index (χ0v) is 10.2. The number of fused-ring (bicyclic) bond motifs is 2. The van der Waals surface area contributed by atoms with Crippen molar-refractivity contribution >= 4 is 0 Å². The first-order valence-electron chi connectivity index (χ1n) is 6.31. The van der Waals surface area contributed by atoms with Crippen molar-refractivity contribution in [2.45, 2.75) is 31.5 Å². The monoisotopic (exact) mass is 233 g/mol. The van der Waals surface area contributed by atoms with Gasteiger partial charge in [-0.2, -0.15) is 0 Å². The average Bonchev–Trinajstić information content (AvgIpc) is 2.70. The highest BCUT2D eigenvalue weighted by Gasteiger charge is 2.31. The number of hydrogen-bond donors (Lipinski definition) is 1. The smallest absolute Gasteiger partial charge is 0.212 e. The minimum absolute atomic E-state index is 0.689. The van der Waals surface area contributed by atoms with Crippen molar-refractivity contribution in [3.8, 4) is 5.88 Å². The van der Waals surface area contributed by atoms with E-state index in [-0.39, 0.29) is 0 Å². The Balaban J connectivity index is 1.62. The lowest BCUT2D eigenvalue weighted by Crippen LogP contribution is -2.50. The highest BCUT2D eigenvalue weighted by atomic mass is 16.5. The van der Waals surface area contributed by atoms with E-state index >= 15 is 0 Å². The Morgan fingerprint density at radius 1 is 1.35 bits per heavy atom. The number of hydrogen-bond acceptors (Lipinski definition) is 4. The molecule has 3 heterocycles. The van der Waals surface area contributed by atoms with Gasteiger partial charge in [-0.3, -0.25) is 4.90 Å². The van der Waals surface area contributed by atoms with Crippen LogP contribution in [0.3, 0.4) is 0 Å². The number of rotatable bonds is 3. The van der Waals surface area contributed by atoms with Gasteiger partial charge in [0.25, 0.3) is 0 Å². The van der Waals surface area contributed by atoms with Crippen molar-refractivity contribution in [1.82, 2.24) is 15.2 Å². The lowest BCUT2D eigenvalue weighted by Gasteiger charge is -2.32. The maximum Gasteiger partial charge on any atom is 0.212 e. The standard InChI is InChI=1S/C13H19N3O/c1-17-13-5-2-10(6-14-13)7-16-8-11-3-4-12(9-16)15-11/h2,5-6,11-12,15H,3-4,7-9H2,1H3. The second kappa shape index (κ2) is 4.63. The number of pyridine rings is 1. The molecule has 2 aliphatic heterocycles. The second-order valence-electron chi connectivity index (χ2n) is 5.04. The Morgan fingerprint density at radius 2 is 2.12 bits per heavy atom. The Labute approximate surface area is 102 Å². The molecule has 2 aliphatic rings. The van der Waals surface area contributed by atoms with Gasteiger partial charge in [0.1, 0.15) is 0 Å². The molecule has 0 radical (unpaired) electrons. The Morgan fingerprint density at radius 3 is 2.71 bits per heavy atom. The molecule has 0 spiro atoms. The summed E-state index contributed by atoms with van der Waals surface area (Å²) in [6.07, 6.45) is 4.59. The van der Waals surface area contributed by atoms with E-state index in [0.29, 0.717) is 18.0 Å². The first-order chi connectivity index (χ1) is 8.33. The van der Waals surface area contributed by atoms with Crippen LogP contribution in [0.5, 0.6) is 5.88 Å². The third kappa shape index (κ3) is 2.42. The molecule has 3 rings (SSSR count). The summed E-state index contributed by atoms with van der Waals surface area (Å²) >= 11 is 0. The molecule has 1 N–H and O–H groups in total. The molecule has 0 aromatic carbocycles. The molecule has 2 saturated heterocycles. The molecule has 1 aromatic heterocycles. The molecule has 0 amide bonds. The Bertz CT molecular complexity index is 367. The minimum Gasteiger partial charge on any atom is -0.481 e. The van der Waals surface area contributed by atoms with E-state index in [2.05, 4.69) is 21.3 Å². The molecule has 92 valence electrons. The number of piperazine rings is 1. The van der Waals surface area contributed by atoms with Crippen LogP contribution in [0.15, 0.2) is 18.3 Å². The predicted molar refractivity (Wildman–Crippen MR) is 66.0 cm³/mol. The van der Waals surface area contributed by atoms with E-state index in [0.717, 1.165) is 6.54 Å². The van der Waals surface area contributed by atoms with Crippen molar-refractivity contribution < 1.29 is 4.74 Å². The molecule has 4 heteroatoms. The van der Waals surface area contributed by atoms with Crippen LogP contribution in [-0.4, -0.2) is 42.2 Å². The second-order valence-corrected chi connectivity index (χ2v) is 5.04. The fourth-order valence-electron chi connectivity index (χ4n) is 2.90. The van der Waals surface area contributed by atoms with E-state index in [1.165, 1.54) is 31.5 Å². The number of likely N-dealkylation sites (tertiary alicyclic amines) is 1. The summed E-state index contributed by atoms with van der Waals surface area (Å²) in [5.41, 5.74) is 1.27. The van der Waals surface area contributed by atoms with Crippen LogP contribution < -0.4 is 10.1 Å². The zero-order chi connectivity index (χ0) is 11.7. The lowest BCUT2D eigenvalue weighted by atomic mass is 10.2. The number of aromatic nitrogens is 1. The Kier molecular flexibility index (Phi) is 2.99. The molecular weight excluding hydrogens is 214 g/mol. The first kappa shape index (κ1) is 11.0. The van der Waals surface area contributed by atoms with Gasteiger partial charge in [0.2, 0.25) is 5.88 Å². The summed E-state index contributed by atoms with van der Waals surface area (Å²) < 4.78 is 5.07. The third-order valence-corrected chi connectivity index (χ3v) is 3.71. The molecular formula is C13H19N3O. The highest BCUT2D eigenvalue weighted by molar-refractivity contribution is 5.17. The van der Waals surface area contributed by atoms with Crippen LogP contribution in [0.1, 0.15) is 18.4 Å². The van der Waals surface area contributed by atoms with Gasteiger partial charge < -0.3 is 10.1 Å². The van der Waals surface area contributed by atoms with Gasteiger partial charge in [0.05, 0.1) is 7.11 Å². The van der Waals surface area contributed by atoms with Gasteiger partial charge in [-0.15, -0.1) is 0 Å². The number of nitrogens with one attached hydrogen (secondary N) is 1. The minimum atomic E-state index is 0.689. The molecule has 4 nitrogen and oxygen atoms in total. The van der Waals surface area contributed by atoms with Gasteiger partial charge in [0.15, 0.2) is 0 Å². The van der Waals surface area contributed by atoms with Crippen molar-refractivity contribution in [2.24, 2.45) is 0 Å². The average molecular weight is 233 g/mol. The third-order valence-electron chi connectivity index (χ3n) is 3.71. The summed E-state index contributed by atoms with van der Waals surface area (Å²) in [6.45, 7) is 3.34. The largest absolute Gasteiger partial charge is 0.481 e. The normalized spacial score (nSPS) is 28.3. The fraction of sp³-hybridized carbons (Fsp3) is 0.615. The van der Waals surface area contributed by atoms with Gasteiger partial charge in [-0.25, -0.2) is 4.98 Å². The summed E-state index contributed by atoms with van der Waals surface area (Å²) in [7, 11) is 1.65. The topological polar surface area (TPSA) is 37.4 Å². The molecule has 2 bridgehead atoms.